The van der Waals surface area contributed by atoms with Crippen molar-refractivity contribution < 1.29 is 22.7 Å². The smallest absolute Gasteiger partial charge is 0.381 e. The van der Waals surface area contributed by atoms with Crippen molar-refractivity contribution in [3.63, 3.8) is 0 Å². The minimum Gasteiger partial charge on any atom is -0.381 e. The van der Waals surface area contributed by atoms with Crippen LogP contribution in [-0.2, 0) is 17.5 Å². The zero-order chi connectivity index (χ0) is 17.9. The summed E-state index contributed by atoms with van der Waals surface area (Å²) in [5.41, 5.74) is -1.18. The van der Waals surface area contributed by atoms with Gasteiger partial charge in [0.2, 0.25) is 0 Å². The monoisotopic (exact) mass is 369 g/mol. The van der Waals surface area contributed by atoms with Crippen molar-refractivity contribution in [2.45, 2.75) is 31.6 Å². The van der Waals surface area contributed by atoms with Crippen molar-refractivity contribution in [2.24, 2.45) is 0 Å². The van der Waals surface area contributed by atoms with E-state index < -0.39 is 17.6 Å². The van der Waals surface area contributed by atoms with Crippen LogP contribution in [0.4, 0.5) is 13.2 Å². The lowest BCUT2D eigenvalue weighted by Crippen LogP contribution is -2.43. The molecule has 25 heavy (non-hydrogen) atoms. The van der Waals surface area contributed by atoms with Crippen molar-refractivity contribution in [1.29, 1.82) is 0 Å². The highest BCUT2D eigenvalue weighted by Gasteiger charge is 2.37. The SMILES string of the molecule is O=C(c1ccccc1C(F)(F)F)N(Cc1cccs1)C1CCOCC1. The number of amides is 1. The molecule has 2 heterocycles. The van der Waals surface area contributed by atoms with Crippen LogP contribution in [0.25, 0.3) is 0 Å². The summed E-state index contributed by atoms with van der Waals surface area (Å²) < 4.78 is 45.2. The Kier molecular flexibility index (Phi) is 5.44. The molecule has 0 saturated carbocycles. The van der Waals surface area contributed by atoms with Crippen LogP contribution in [0.2, 0.25) is 0 Å². The van der Waals surface area contributed by atoms with Gasteiger partial charge in [-0.15, -0.1) is 11.3 Å². The number of carbonyl (C=O) groups excluding carboxylic acids is 1. The van der Waals surface area contributed by atoms with E-state index >= 15 is 0 Å². The highest BCUT2D eigenvalue weighted by Crippen LogP contribution is 2.33. The minimum absolute atomic E-state index is 0.121. The fourth-order valence-electron chi connectivity index (χ4n) is 3.01. The molecule has 2 aromatic rings. The second-order valence-electron chi connectivity index (χ2n) is 5.90. The number of hydrogen-bond donors (Lipinski definition) is 0. The summed E-state index contributed by atoms with van der Waals surface area (Å²) in [6.45, 7) is 1.34. The molecule has 1 aliphatic heterocycles. The molecule has 0 unspecified atom stereocenters. The Morgan fingerprint density at radius 2 is 1.88 bits per heavy atom. The number of hydrogen-bond acceptors (Lipinski definition) is 3. The van der Waals surface area contributed by atoms with E-state index in [1.54, 1.807) is 4.90 Å². The Hall–Kier alpha value is -1.86. The second kappa shape index (κ2) is 7.58. The van der Waals surface area contributed by atoms with Crippen molar-refractivity contribution in [2.75, 3.05) is 13.2 Å². The highest BCUT2D eigenvalue weighted by atomic mass is 32.1. The van der Waals surface area contributed by atoms with Crippen molar-refractivity contribution in [3.05, 3.63) is 57.8 Å². The zero-order valence-electron chi connectivity index (χ0n) is 13.5. The molecule has 3 nitrogen and oxygen atoms in total. The van der Waals surface area contributed by atoms with E-state index in [4.69, 9.17) is 4.74 Å². The van der Waals surface area contributed by atoms with Gasteiger partial charge in [-0.3, -0.25) is 4.79 Å². The van der Waals surface area contributed by atoms with Gasteiger partial charge >= 0.3 is 6.18 Å². The van der Waals surface area contributed by atoms with Gasteiger partial charge in [-0.2, -0.15) is 13.2 Å². The summed E-state index contributed by atoms with van der Waals surface area (Å²) in [6, 6.07) is 8.63. The summed E-state index contributed by atoms with van der Waals surface area (Å²) in [7, 11) is 0. The van der Waals surface area contributed by atoms with Gasteiger partial charge in [0.25, 0.3) is 5.91 Å². The first-order valence-electron chi connectivity index (χ1n) is 8.04. The van der Waals surface area contributed by atoms with Crippen molar-refractivity contribution >= 4 is 17.2 Å². The zero-order valence-corrected chi connectivity index (χ0v) is 14.3. The van der Waals surface area contributed by atoms with Gasteiger partial charge in [0.05, 0.1) is 17.7 Å². The predicted octanol–water partition coefficient (Wildman–Crippen LogP) is 4.59. The first kappa shape index (κ1) is 17.9. The molecule has 1 saturated heterocycles. The molecule has 3 rings (SSSR count). The molecule has 0 radical (unpaired) electrons. The number of ether oxygens (including phenoxy) is 1. The average molecular weight is 369 g/mol. The van der Waals surface area contributed by atoms with Gasteiger partial charge in [-0.05, 0) is 36.4 Å². The molecule has 1 amide bonds. The molecule has 0 aliphatic carbocycles. The molecule has 134 valence electrons. The topological polar surface area (TPSA) is 29.5 Å². The molecular formula is C18H18F3NO2S. The Bertz CT molecular complexity index is 709. The molecule has 0 bridgehead atoms. The van der Waals surface area contributed by atoms with E-state index in [1.807, 2.05) is 17.5 Å². The third-order valence-electron chi connectivity index (χ3n) is 4.26. The van der Waals surface area contributed by atoms with Crippen LogP contribution in [0.15, 0.2) is 41.8 Å². The quantitative estimate of drug-likeness (QED) is 0.789. The van der Waals surface area contributed by atoms with E-state index in [0.717, 1.165) is 10.9 Å². The minimum atomic E-state index is -4.56. The lowest BCUT2D eigenvalue weighted by atomic mass is 10.0. The average Bonchev–Trinajstić information content (AvgIpc) is 3.12. The van der Waals surface area contributed by atoms with E-state index in [9.17, 15) is 18.0 Å². The van der Waals surface area contributed by atoms with Gasteiger partial charge in [-0.1, -0.05) is 18.2 Å². The van der Waals surface area contributed by atoms with E-state index in [2.05, 4.69) is 0 Å². The highest BCUT2D eigenvalue weighted by molar-refractivity contribution is 7.09. The number of benzene rings is 1. The fourth-order valence-corrected chi connectivity index (χ4v) is 3.71. The third-order valence-corrected chi connectivity index (χ3v) is 5.12. The summed E-state index contributed by atoms with van der Waals surface area (Å²) in [6.07, 6.45) is -3.30. The Morgan fingerprint density at radius 3 is 2.52 bits per heavy atom. The van der Waals surface area contributed by atoms with Crippen LogP contribution in [-0.4, -0.2) is 30.1 Å². The largest absolute Gasteiger partial charge is 0.417 e. The molecule has 1 aromatic carbocycles. The van der Waals surface area contributed by atoms with Crippen molar-refractivity contribution in [1.82, 2.24) is 4.90 Å². The van der Waals surface area contributed by atoms with E-state index in [-0.39, 0.29) is 11.6 Å². The summed E-state index contributed by atoms with van der Waals surface area (Å²) in [4.78, 5) is 15.5. The van der Waals surface area contributed by atoms with Crippen LogP contribution in [0.3, 0.4) is 0 Å². The Morgan fingerprint density at radius 1 is 1.16 bits per heavy atom. The van der Waals surface area contributed by atoms with Gasteiger partial charge in [0.1, 0.15) is 0 Å². The molecule has 1 fully saturated rings. The Labute approximate surface area is 148 Å². The standard InChI is InChI=1S/C18H18F3NO2S/c19-18(20,21)16-6-2-1-5-15(16)17(23)22(12-14-4-3-11-25-14)13-7-9-24-10-8-13/h1-6,11,13H,7-10,12H2. The molecule has 0 N–H and O–H groups in total. The number of thiophene rings is 1. The molecule has 1 aliphatic rings. The molecule has 0 spiro atoms. The maximum absolute atomic E-state index is 13.3. The van der Waals surface area contributed by atoms with Gasteiger partial charge < -0.3 is 9.64 Å². The number of alkyl halides is 3. The van der Waals surface area contributed by atoms with E-state index in [1.165, 1.54) is 29.5 Å². The molecule has 1 aromatic heterocycles. The number of nitrogens with zero attached hydrogens (tertiary/aromatic N) is 1. The van der Waals surface area contributed by atoms with Gasteiger partial charge in [-0.25, -0.2) is 0 Å². The van der Waals surface area contributed by atoms with Crippen LogP contribution in [0.1, 0.15) is 33.6 Å². The van der Waals surface area contributed by atoms with E-state index in [0.29, 0.717) is 32.6 Å². The van der Waals surface area contributed by atoms with Gasteiger partial charge in [0, 0.05) is 24.1 Å². The number of halogens is 3. The normalized spacial score (nSPS) is 16.0. The summed E-state index contributed by atoms with van der Waals surface area (Å²) in [5.74, 6) is -0.576. The van der Waals surface area contributed by atoms with Crippen LogP contribution in [0.5, 0.6) is 0 Å². The maximum Gasteiger partial charge on any atom is 0.417 e. The first-order valence-corrected chi connectivity index (χ1v) is 8.92. The summed E-state index contributed by atoms with van der Waals surface area (Å²) >= 11 is 1.49. The van der Waals surface area contributed by atoms with Gasteiger partial charge in [0.15, 0.2) is 0 Å². The van der Waals surface area contributed by atoms with Crippen molar-refractivity contribution in [3.8, 4) is 0 Å². The molecule has 7 heteroatoms. The fraction of sp³-hybridized carbons (Fsp3) is 0.389. The maximum atomic E-state index is 13.3. The number of carbonyl (C=O) groups is 1. The lowest BCUT2D eigenvalue weighted by molar-refractivity contribution is -0.138. The summed E-state index contributed by atoms with van der Waals surface area (Å²) in [5, 5.41) is 1.89. The molecular weight excluding hydrogens is 351 g/mol. The lowest BCUT2D eigenvalue weighted by Gasteiger charge is -2.34. The molecule has 0 atom stereocenters. The predicted molar refractivity (Wildman–Crippen MR) is 89.5 cm³/mol. The van der Waals surface area contributed by atoms with Crippen LogP contribution >= 0.6 is 11.3 Å². The third kappa shape index (κ3) is 4.22. The second-order valence-corrected chi connectivity index (χ2v) is 6.93. The first-order chi connectivity index (χ1) is 12.0. The Balaban J connectivity index is 1.94. The van der Waals surface area contributed by atoms with Crippen LogP contribution in [0, 0.1) is 0 Å². The van der Waals surface area contributed by atoms with Crippen LogP contribution < -0.4 is 0 Å². The number of rotatable bonds is 4.